The first kappa shape index (κ1) is 11.8. The Balaban J connectivity index is 1.88. The summed E-state index contributed by atoms with van der Waals surface area (Å²) in [6.07, 6.45) is 0. The summed E-state index contributed by atoms with van der Waals surface area (Å²) in [5, 5.41) is 1.87. The van der Waals surface area contributed by atoms with Crippen LogP contribution in [0.2, 0.25) is 0 Å². The number of rotatable bonds is 2. The van der Waals surface area contributed by atoms with E-state index in [-0.39, 0.29) is 0 Å². The first-order valence-corrected chi connectivity index (χ1v) is 6.12. The van der Waals surface area contributed by atoms with Gasteiger partial charge in [0.1, 0.15) is 6.04 Å². The second-order valence-electron chi connectivity index (χ2n) is 3.52. The molecule has 0 fully saturated rings. The van der Waals surface area contributed by atoms with Crippen molar-refractivity contribution in [2.24, 2.45) is 0 Å². The summed E-state index contributed by atoms with van der Waals surface area (Å²) < 4.78 is 1.09. The van der Waals surface area contributed by atoms with Crippen molar-refractivity contribution in [1.29, 1.82) is 0 Å². The second-order valence-corrected chi connectivity index (χ2v) is 4.44. The van der Waals surface area contributed by atoms with Crippen LogP contribution in [0.3, 0.4) is 0 Å². The molecule has 2 heteroatoms. The zero-order valence-electron chi connectivity index (χ0n) is 9.23. The summed E-state index contributed by atoms with van der Waals surface area (Å²) in [5.41, 5.74) is 2.18. The van der Waals surface area contributed by atoms with E-state index in [0.717, 1.165) is 15.6 Å². The van der Waals surface area contributed by atoms with E-state index in [1.165, 1.54) is 0 Å². The molecule has 0 saturated heterocycles. The fourth-order valence-electron chi connectivity index (χ4n) is 1.36. The van der Waals surface area contributed by atoms with Gasteiger partial charge in [-0.1, -0.05) is 34.1 Å². The average Bonchev–Trinajstić information content (AvgIpc) is 2.38. The highest BCUT2D eigenvalue weighted by Gasteiger charge is 1.86. The van der Waals surface area contributed by atoms with Gasteiger partial charge in [-0.3, -0.25) is 5.32 Å². The number of nitrogens with two attached hydrogens (primary N) is 1. The molecule has 0 amide bonds. The monoisotopic (exact) mass is 285 g/mol. The minimum atomic E-state index is 1.04. The van der Waals surface area contributed by atoms with E-state index in [0.29, 0.717) is 0 Å². The lowest BCUT2D eigenvalue weighted by Gasteiger charge is -2.03. The summed E-state index contributed by atoms with van der Waals surface area (Å²) in [7, 11) is 0. The minimum absolute atomic E-state index is 1.04. The zero-order valence-corrected chi connectivity index (χ0v) is 10.8. The van der Waals surface area contributed by atoms with Crippen LogP contribution in [-0.2, 0) is 0 Å². The molecule has 0 aromatic heterocycles. The minimum Gasteiger partial charge on any atom is -0.290 e. The van der Waals surface area contributed by atoms with Crippen LogP contribution >= 0.6 is 15.9 Å². The van der Waals surface area contributed by atoms with Gasteiger partial charge in [-0.05, 0) is 22.5 Å². The molecule has 0 bridgehead atoms. The van der Waals surface area contributed by atoms with Gasteiger partial charge < -0.3 is 0 Å². The first-order valence-electron chi connectivity index (χ1n) is 5.33. The molecule has 0 unspecified atom stereocenters. The molecule has 17 heavy (non-hydrogen) atoms. The highest BCUT2D eigenvalue weighted by Crippen LogP contribution is 2.09. The van der Waals surface area contributed by atoms with Gasteiger partial charge >= 0.3 is 0 Å². The van der Waals surface area contributed by atoms with E-state index in [2.05, 4.69) is 27.9 Å². The van der Waals surface area contributed by atoms with Gasteiger partial charge in [-0.15, -0.1) is 17.7 Å². The summed E-state index contributed by atoms with van der Waals surface area (Å²) in [4.78, 5) is 0. The topological polar surface area (TPSA) is 16.6 Å². The summed E-state index contributed by atoms with van der Waals surface area (Å²) in [6.45, 7) is 2.00. The largest absolute Gasteiger partial charge is 0.290 e. The van der Waals surface area contributed by atoms with Gasteiger partial charge in [0, 0.05) is 12.1 Å². The molecule has 0 heterocycles. The van der Waals surface area contributed by atoms with E-state index in [1.54, 1.807) is 0 Å². The molecule has 0 atom stereocenters. The first-order chi connectivity index (χ1) is 8.34. The van der Waals surface area contributed by atoms with Crippen LogP contribution < -0.4 is 5.32 Å². The maximum atomic E-state index is 3.41. The van der Waals surface area contributed by atoms with Crippen molar-refractivity contribution in [2.45, 2.75) is 0 Å². The number of halogens is 1. The molecule has 2 N–H and O–H groups in total. The Hall–Kier alpha value is -1.69. The maximum absolute atomic E-state index is 3.41. The Kier molecular flexibility index (Phi) is 4.26. The molecule has 0 spiro atoms. The molecular formula is C15H12BrN. The molecule has 0 aliphatic carbocycles. The van der Waals surface area contributed by atoms with E-state index in [9.17, 15) is 0 Å². The van der Waals surface area contributed by atoms with Crippen LogP contribution in [0.5, 0.6) is 0 Å². The third-order valence-corrected chi connectivity index (χ3v) is 2.75. The van der Waals surface area contributed by atoms with Crippen LogP contribution in [0.1, 0.15) is 11.1 Å². The third-order valence-electron chi connectivity index (χ3n) is 2.22. The normalized spacial score (nSPS) is 9.24. The Labute approximate surface area is 110 Å². The van der Waals surface area contributed by atoms with Crippen molar-refractivity contribution >= 4 is 15.9 Å². The van der Waals surface area contributed by atoms with Crippen molar-refractivity contribution in [2.75, 3.05) is 0 Å². The van der Waals surface area contributed by atoms with E-state index in [1.807, 2.05) is 66.5 Å². The van der Waals surface area contributed by atoms with Crippen LogP contribution in [0, 0.1) is 18.5 Å². The molecule has 0 aliphatic rings. The molecule has 2 rings (SSSR count). The number of hydrogen-bond acceptors (Lipinski definition) is 0. The van der Waals surface area contributed by atoms with Crippen LogP contribution in [0.15, 0.2) is 59.1 Å². The van der Waals surface area contributed by atoms with Gasteiger partial charge in [0.05, 0.1) is 0 Å². The molecule has 0 saturated carbocycles. The van der Waals surface area contributed by atoms with Crippen LogP contribution in [-0.4, -0.2) is 0 Å². The summed E-state index contributed by atoms with van der Waals surface area (Å²) in [6, 6.07) is 21.1. The van der Waals surface area contributed by atoms with E-state index >= 15 is 0 Å². The molecule has 84 valence electrons. The quantitative estimate of drug-likeness (QED) is 0.645. The van der Waals surface area contributed by atoms with Gasteiger partial charge in [0.15, 0.2) is 0 Å². The maximum Gasteiger partial charge on any atom is 0.133 e. The van der Waals surface area contributed by atoms with E-state index in [4.69, 9.17) is 0 Å². The Bertz CT molecular complexity index is 520. The molecule has 2 aromatic carbocycles. The van der Waals surface area contributed by atoms with Crippen molar-refractivity contribution in [3.63, 3.8) is 0 Å². The van der Waals surface area contributed by atoms with Crippen molar-refractivity contribution in [1.82, 2.24) is 0 Å². The molecule has 1 nitrogen and oxygen atoms in total. The van der Waals surface area contributed by atoms with Gasteiger partial charge in [0.2, 0.25) is 0 Å². The summed E-state index contributed by atoms with van der Waals surface area (Å²) >= 11 is 3.41. The number of quaternary nitrogens is 1. The van der Waals surface area contributed by atoms with Crippen molar-refractivity contribution < 1.29 is 5.32 Å². The molecule has 0 aliphatic heterocycles. The highest BCUT2D eigenvalue weighted by molar-refractivity contribution is 9.10. The fourth-order valence-corrected chi connectivity index (χ4v) is 1.62. The Morgan fingerprint density at radius 3 is 2.35 bits per heavy atom. The third kappa shape index (κ3) is 3.99. The Morgan fingerprint density at radius 1 is 0.941 bits per heavy atom. The average molecular weight is 286 g/mol. The van der Waals surface area contributed by atoms with Gasteiger partial charge in [0.25, 0.3) is 0 Å². The summed E-state index contributed by atoms with van der Waals surface area (Å²) in [5.74, 6) is 3.08. The van der Waals surface area contributed by atoms with Gasteiger partial charge in [-0.2, -0.15) is 12.1 Å². The highest BCUT2D eigenvalue weighted by atomic mass is 79.9. The predicted octanol–water partition coefficient (Wildman–Crippen LogP) is 2.53. The number of hydrogen-bond donors (Lipinski definition) is 1. The van der Waals surface area contributed by atoms with Crippen molar-refractivity contribution in [3.8, 4) is 12.0 Å². The van der Waals surface area contributed by atoms with Crippen LogP contribution in [0.25, 0.3) is 0 Å². The lowest BCUT2D eigenvalue weighted by atomic mass is 10.2. The fraction of sp³-hybridized carbons (Fsp3) is 0. The molecule has 0 radical (unpaired) electrons. The lowest BCUT2D eigenvalue weighted by molar-refractivity contribution is -0.518. The molecular weight excluding hydrogens is 274 g/mol. The second kappa shape index (κ2) is 6.15. The molecule has 2 aromatic rings. The lowest BCUT2D eigenvalue weighted by Crippen LogP contribution is -2.75. The zero-order chi connectivity index (χ0) is 11.9. The SMILES string of the molecule is Brc1ccc([CH-][NH2+]C#Cc2ccccc2)cc1. The smallest absolute Gasteiger partial charge is 0.133 e. The predicted molar refractivity (Wildman–Crippen MR) is 72.8 cm³/mol. The van der Waals surface area contributed by atoms with E-state index < -0.39 is 0 Å². The van der Waals surface area contributed by atoms with Crippen molar-refractivity contribution in [3.05, 3.63) is 76.7 Å². The van der Waals surface area contributed by atoms with Gasteiger partial charge in [-0.25, -0.2) is 0 Å². The Morgan fingerprint density at radius 2 is 1.65 bits per heavy atom. The van der Waals surface area contributed by atoms with Crippen LogP contribution in [0.4, 0.5) is 0 Å². The standard InChI is InChI=1S/C15H12BrN/c16-15-8-6-14(7-9-15)12-17-11-10-13-4-2-1-3-5-13/h1-9,12H,17H2. The number of benzene rings is 2.